The summed E-state index contributed by atoms with van der Waals surface area (Å²) in [7, 11) is 2.21. The zero-order chi connectivity index (χ0) is 15.1. The van der Waals surface area contributed by atoms with Gasteiger partial charge in [0.1, 0.15) is 0 Å². The molecule has 1 aromatic carbocycles. The SMILES string of the molecule is CC(CC(CN)N(C)CC1CCCOC1)c1ccccc1. The van der Waals surface area contributed by atoms with E-state index in [-0.39, 0.29) is 0 Å². The fraction of sp³-hybridized carbons (Fsp3) is 0.667. The zero-order valence-corrected chi connectivity index (χ0v) is 13.5. The summed E-state index contributed by atoms with van der Waals surface area (Å²) in [5, 5.41) is 0. The molecule has 0 radical (unpaired) electrons. The van der Waals surface area contributed by atoms with Crippen molar-refractivity contribution in [3.63, 3.8) is 0 Å². The minimum absolute atomic E-state index is 0.446. The van der Waals surface area contributed by atoms with Crippen LogP contribution in [0.15, 0.2) is 30.3 Å². The lowest BCUT2D eigenvalue weighted by Gasteiger charge is -2.33. The Morgan fingerprint density at radius 1 is 1.33 bits per heavy atom. The third-order valence-corrected chi connectivity index (χ3v) is 4.69. The van der Waals surface area contributed by atoms with Crippen LogP contribution < -0.4 is 5.73 Å². The highest BCUT2D eigenvalue weighted by molar-refractivity contribution is 5.18. The number of ether oxygens (including phenoxy) is 1. The van der Waals surface area contributed by atoms with E-state index in [1.54, 1.807) is 0 Å². The van der Waals surface area contributed by atoms with Gasteiger partial charge < -0.3 is 15.4 Å². The lowest BCUT2D eigenvalue weighted by molar-refractivity contribution is 0.0357. The van der Waals surface area contributed by atoms with Crippen molar-refractivity contribution in [2.45, 2.75) is 38.1 Å². The fourth-order valence-corrected chi connectivity index (χ4v) is 3.29. The summed E-state index contributed by atoms with van der Waals surface area (Å²) in [6.45, 7) is 5.97. The molecule has 1 aliphatic heterocycles. The Labute approximate surface area is 129 Å². The number of hydrogen-bond acceptors (Lipinski definition) is 3. The van der Waals surface area contributed by atoms with E-state index in [1.807, 2.05) is 0 Å². The Morgan fingerprint density at radius 3 is 2.71 bits per heavy atom. The third-order valence-electron chi connectivity index (χ3n) is 4.69. The average molecular weight is 290 g/mol. The minimum atomic E-state index is 0.446. The molecule has 0 amide bonds. The van der Waals surface area contributed by atoms with Crippen molar-refractivity contribution in [1.29, 1.82) is 0 Å². The predicted octanol–water partition coefficient (Wildman–Crippen LogP) is 2.87. The predicted molar refractivity (Wildman–Crippen MR) is 88.5 cm³/mol. The molecule has 21 heavy (non-hydrogen) atoms. The number of likely N-dealkylation sites (N-methyl/N-ethyl adjacent to an activating group) is 1. The summed E-state index contributed by atoms with van der Waals surface area (Å²) in [6, 6.07) is 11.2. The normalized spacial score (nSPS) is 22.2. The van der Waals surface area contributed by atoms with Gasteiger partial charge in [-0.3, -0.25) is 0 Å². The molecule has 2 N–H and O–H groups in total. The molecule has 1 fully saturated rings. The molecule has 0 aliphatic carbocycles. The van der Waals surface area contributed by atoms with Crippen molar-refractivity contribution in [2.75, 3.05) is 33.4 Å². The van der Waals surface area contributed by atoms with Crippen LogP contribution >= 0.6 is 0 Å². The van der Waals surface area contributed by atoms with E-state index in [4.69, 9.17) is 10.5 Å². The lowest BCUT2D eigenvalue weighted by atomic mass is 9.92. The van der Waals surface area contributed by atoms with Gasteiger partial charge in [0.2, 0.25) is 0 Å². The Balaban J connectivity index is 1.86. The number of hydrogen-bond donors (Lipinski definition) is 1. The van der Waals surface area contributed by atoms with Gasteiger partial charge in [0, 0.05) is 25.7 Å². The van der Waals surface area contributed by atoms with Gasteiger partial charge in [-0.25, -0.2) is 0 Å². The van der Waals surface area contributed by atoms with Gasteiger partial charge in [0.15, 0.2) is 0 Å². The fourth-order valence-electron chi connectivity index (χ4n) is 3.29. The Bertz CT molecular complexity index is 389. The number of nitrogens with two attached hydrogens (primary N) is 1. The molecule has 3 unspecified atom stereocenters. The monoisotopic (exact) mass is 290 g/mol. The summed E-state index contributed by atoms with van der Waals surface area (Å²) in [5.74, 6) is 1.22. The highest BCUT2D eigenvalue weighted by atomic mass is 16.5. The highest BCUT2D eigenvalue weighted by Gasteiger charge is 2.22. The van der Waals surface area contributed by atoms with Gasteiger partial charge in [-0.15, -0.1) is 0 Å². The molecule has 0 saturated carbocycles. The van der Waals surface area contributed by atoms with Gasteiger partial charge >= 0.3 is 0 Å². The first-order chi connectivity index (χ1) is 10.2. The van der Waals surface area contributed by atoms with Crippen molar-refractivity contribution in [3.05, 3.63) is 35.9 Å². The van der Waals surface area contributed by atoms with Crippen molar-refractivity contribution < 1.29 is 4.74 Å². The third kappa shape index (κ3) is 5.10. The van der Waals surface area contributed by atoms with E-state index in [2.05, 4.69) is 49.2 Å². The number of rotatable bonds is 7. The molecule has 3 nitrogen and oxygen atoms in total. The van der Waals surface area contributed by atoms with E-state index in [9.17, 15) is 0 Å². The van der Waals surface area contributed by atoms with Gasteiger partial charge in [-0.2, -0.15) is 0 Å². The molecule has 0 aromatic heterocycles. The van der Waals surface area contributed by atoms with E-state index in [0.29, 0.717) is 17.9 Å². The van der Waals surface area contributed by atoms with Crippen LogP contribution in [0.2, 0.25) is 0 Å². The van der Waals surface area contributed by atoms with Crippen LogP contribution in [-0.4, -0.2) is 44.3 Å². The molecule has 3 atom stereocenters. The Hall–Kier alpha value is -0.900. The highest BCUT2D eigenvalue weighted by Crippen LogP contribution is 2.23. The largest absolute Gasteiger partial charge is 0.381 e. The lowest BCUT2D eigenvalue weighted by Crippen LogP contribution is -2.42. The van der Waals surface area contributed by atoms with Crippen LogP contribution in [0.25, 0.3) is 0 Å². The van der Waals surface area contributed by atoms with Crippen LogP contribution in [0, 0.1) is 5.92 Å². The van der Waals surface area contributed by atoms with E-state index in [0.717, 1.165) is 32.7 Å². The van der Waals surface area contributed by atoms with Crippen molar-refractivity contribution >= 4 is 0 Å². The second kappa shape index (κ2) is 8.52. The van der Waals surface area contributed by atoms with Gasteiger partial charge in [-0.05, 0) is 43.7 Å². The summed E-state index contributed by atoms with van der Waals surface area (Å²) < 4.78 is 5.59. The first kappa shape index (κ1) is 16.5. The zero-order valence-electron chi connectivity index (χ0n) is 13.5. The molecule has 1 aromatic rings. The topological polar surface area (TPSA) is 38.5 Å². The van der Waals surface area contributed by atoms with Gasteiger partial charge in [-0.1, -0.05) is 37.3 Å². The van der Waals surface area contributed by atoms with Crippen LogP contribution in [0.5, 0.6) is 0 Å². The molecule has 3 heteroatoms. The van der Waals surface area contributed by atoms with Crippen molar-refractivity contribution in [3.8, 4) is 0 Å². The summed E-state index contributed by atoms with van der Waals surface area (Å²) in [5.41, 5.74) is 7.44. The minimum Gasteiger partial charge on any atom is -0.381 e. The Kier molecular flexibility index (Phi) is 6.68. The number of nitrogens with zero attached hydrogens (tertiary/aromatic N) is 1. The molecular weight excluding hydrogens is 260 g/mol. The molecule has 0 bridgehead atoms. The second-order valence-electron chi connectivity index (χ2n) is 6.46. The first-order valence-electron chi connectivity index (χ1n) is 8.23. The molecule has 0 spiro atoms. The van der Waals surface area contributed by atoms with Gasteiger partial charge in [0.25, 0.3) is 0 Å². The molecule has 1 heterocycles. The van der Waals surface area contributed by atoms with Crippen LogP contribution in [0.1, 0.15) is 37.7 Å². The number of benzene rings is 1. The smallest absolute Gasteiger partial charge is 0.0506 e. The first-order valence-corrected chi connectivity index (χ1v) is 8.23. The summed E-state index contributed by atoms with van der Waals surface area (Å²) in [6.07, 6.45) is 3.60. The Morgan fingerprint density at radius 2 is 2.10 bits per heavy atom. The second-order valence-corrected chi connectivity index (χ2v) is 6.46. The molecule has 2 rings (SSSR count). The molecule has 1 saturated heterocycles. The van der Waals surface area contributed by atoms with Crippen LogP contribution in [0.3, 0.4) is 0 Å². The van der Waals surface area contributed by atoms with E-state index in [1.165, 1.54) is 18.4 Å². The van der Waals surface area contributed by atoms with Crippen LogP contribution in [0.4, 0.5) is 0 Å². The summed E-state index contributed by atoms with van der Waals surface area (Å²) in [4.78, 5) is 2.44. The molecule has 1 aliphatic rings. The maximum Gasteiger partial charge on any atom is 0.0506 e. The quantitative estimate of drug-likeness (QED) is 0.839. The standard InChI is InChI=1S/C18H30N2O/c1-15(17-8-4-3-5-9-17)11-18(12-19)20(2)13-16-7-6-10-21-14-16/h3-5,8-9,15-16,18H,6-7,10-14,19H2,1-2H3. The van der Waals surface area contributed by atoms with Gasteiger partial charge in [0.05, 0.1) is 6.61 Å². The maximum atomic E-state index is 6.03. The van der Waals surface area contributed by atoms with Crippen molar-refractivity contribution in [1.82, 2.24) is 4.90 Å². The van der Waals surface area contributed by atoms with E-state index < -0.39 is 0 Å². The average Bonchev–Trinajstić information content (AvgIpc) is 2.54. The molecule has 118 valence electrons. The maximum absolute atomic E-state index is 6.03. The van der Waals surface area contributed by atoms with Crippen LogP contribution in [-0.2, 0) is 4.74 Å². The summed E-state index contributed by atoms with van der Waals surface area (Å²) >= 11 is 0. The molecular formula is C18H30N2O. The van der Waals surface area contributed by atoms with E-state index >= 15 is 0 Å². The van der Waals surface area contributed by atoms with Crippen molar-refractivity contribution in [2.24, 2.45) is 11.7 Å².